The van der Waals surface area contributed by atoms with E-state index in [2.05, 4.69) is 37.6 Å². The van der Waals surface area contributed by atoms with Crippen molar-refractivity contribution >= 4 is 15.9 Å². The molecule has 3 nitrogen and oxygen atoms in total. The van der Waals surface area contributed by atoms with Gasteiger partial charge in [0.1, 0.15) is 11.6 Å². The lowest BCUT2D eigenvalue weighted by Crippen LogP contribution is -2.05. The van der Waals surface area contributed by atoms with Gasteiger partial charge < -0.3 is 4.57 Å². The molecule has 4 heteroatoms. The molecule has 1 aromatic rings. The molecule has 0 spiro atoms. The second-order valence-electron chi connectivity index (χ2n) is 3.56. The zero-order chi connectivity index (χ0) is 9.26. The van der Waals surface area contributed by atoms with Crippen LogP contribution in [0.15, 0.2) is 0 Å². The van der Waals surface area contributed by atoms with Gasteiger partial charge in [-0.3, -0.25) is 0 Å². The fourth-order valence-corrected chi connectivity index (χ4v) is 1.98. The first-order chi connectivity index (χ1) is 6.35. The van der Waals surface area contributed by atoms with Crippen LogP contribution in [-0.4, -0.2) is 14.8 Å². The van der Waals surface area contributed by atoms with Crippen molar-refractivity contribution in [1.29, 1.82) is 0 Å². The van der Waals surface area contributed by atoms with Gasteiger partial charge in [0, 0.05) is 13.0 Å². The number of nitrogens with zero attached hydrogens (tertiary/aromatic N) is 3. The maximum Gasteiger partial charge on any atom is 0.143 e. The molecule has 1 aromatic heterocycles. The summed E-state index contributed by atoms with van der Waals surface area (Å²) in [4.78, 5) is 0. The fraction of sp³-hybridized carbons (Fsp3) is 0.778. The highest BCUT2D eigenvalue weighted by Crippen LogP contribution is 2.32. The molecule has 0 N–H and O–H groups in total. The number of rotatable bonds is 4. The van der Waals surface area contributed by atoms with Gasteiger partial charge in [0.15, 0.2) is 0 Å². The van der Waals surface area contributed by atoms with Crippen LogP contribution >= 0.6 is 15.9 Å². The summed E-state index contributed by atoms with van der Waals surface area (Å²) in [6.45, 7) is 3.13. The van der Waals surface area contributed by atoms with Crippen molar-refractivity contribution in [2.75, 3.05) is 0 Å². The average molecular weight is 244 g/mol. The van der Waals surface area contributed by atoms with Gasteiger partial charge in [0.25, 0.3) is 0 Å². The van der Waals surface area contributed by atoms with Gasteiger partial charge >= 0.3 is 0 Å². The van der Waals surface area contributed by atoms with E-state index in [1.165, 1.54) is 18.7 Å². The van der Waals surface area contributed by atoms with E-state index in [4.69, 9.17) is 0 Å². The van der Waals surface area contributed by atoms with E-state index in [1.54, 1.807) is 0 Å². The Hall–Kier alpha value is -0.380. The zero-order valence-electron chi connectivity index (χ0n) is 7.83. The summed E-state index contributed by atoms with van der Waals surface area (Å²) in [5, 5.41) is 9.18. The Labute approximate surface area is 86.7 Å². The molecule has 1 aliphatic rings. The molecule has 1 fully saturated rings. The second-order valence-corrected chi connectivity index (χ2v) is 4.12. The smallest absolute Gasteiger partial charge is 0.143 e. The summed E-state index contributed by atoms with van der Waals surface area (Å²) >= 11 is 3.42. The van der Waals surface area contributed by atoms with E-state index in [-0.39, 0.29) is 0 Å². The number of hydrogen-bond acceptors (Lipinski definition) is 2. The predicted molar refractivity (Wildman–Crippen MR) is 54.8 cm³/mol. The van der Waals surface area contributed by atoms with E-state index in [1.807, 2.05) is 0 Å². The molecule has 1 aliphatic carbocycles. The van der Waals surface area contributed by atoms with Crippen molar-refractivity contribution in [2.45, 2.75) is 38.1 Å². The highest BCUT2D eigenvalue weighted by Gasteiger charge is 2.24. The monoisotopic (exact) mass is 243 g/mol. The van der Waals surface area contributed by atoms with E-state index < -0.39 is 0 Å². The van der Waals surface area contributed by atoms with Crippen molar-refractivity contribution in [2.24, 2.45) is 5.92 Å². The summed E-state index contributed by atoms with van der Waals surface area (Å²) < 4.78 is 2.22. The maximum absolute atomic E-state index is 4.22. The van der Waals surface area contributed by atoms with Gasteiger partial charge in [-0.15, -0.1) is 10.2 Å². The van der Waals surface area contributed by atoms with Crippen molar-refractivity contribution in [1.82, 2.24) is 14.8 Å². The highest BCUT2D eigenvalue weighted by atomic mass is 79.9. The Morgan fingerprint density at radius 2 is 2.08 bits per heavy atom. The molecule has 0 atom stereocenters. The van der Waals surface area contributed by atoms with Crippen LogP contribution < -0.4 is 0 Å². The van der Waals surface area contributed by atoms with Crippen LogP contribution in [0, 0.1) is 5.92 Å². The van der Waals surface area contributed by atoms with Crippen LogP contribution in [0.25, 0.3) is 0 Å². The van der Waals surface area contributed by atoms with Crippen LogP contribution in [0.4, 0.5) is 0 Å². The lowest BCUT2D eigenvalue weighted by atomic mass is 10.3. The summed E-state index contributed by atoms with van der Waals surface area (Å²) in [5.41, 5.74) is 0. The summed E-state index contributed by atoms with van der Waals surface area (Å²) in [6, 6.07) is 0. The molecule has 1 saturated carbocycles. The van der Waals surface area contributed by atoms with Crippen molar-refractivity contribution in [3.05, 3.63) is 11.6 Å². The molecular formula is C9H14BrN3. The minimum atomic E-state index is 0.804. The number of alkyl halides is 1. The van der Waals surface area contributed by atoms with E-state index >= 15 is 0 Å². The molecule has 0 bridgehead atoms. The van der Waals surface area contributed by atoms with Gasteiger partial charge in [-0.25, -0.2) is 0 Å². The lowest BCUT2D eigenvalue weighted by molar-refractivity contribution is 0.648. The molecule has 0 amide bonds. The molecule has 0 radical (unpaired) electrons. The van der Waals surface area contributed by atoms with Gasteiger partial charge in [0.05, 0.1) is 5.33 Å². The largest absolute Gasteiger partial charge is 0.315 e. The first-order valence-electron chi connectivity index (χ1n) is 4.82. The van der Waals surface area contributed by atoms with Crippen molar-refractivity contribution in [3.63, 3.8) is 0 Å². The molecular weight excluding hydrogens is 230 g/mol. The molecule has 72 valence electrons. The van der Waals surface area contributed by atoms with Crippen LogP contribution in [-0.2, 0) is 18.3 Å². The lowest BCUT2D eigenvalue weighted by Gasteiger charge is -2.04. The number of halogens is 1. The highest BCUT2D eigenvalue weighted by molar-refractivity contribution is 9.08. The minimum absolute atomic E-state index is 0.804. The summed E-state index contributed by atoms with van der Waals surface area (Å²) in [6.07, 6.45) is 3.87. The molecule has 0 aliphatic heterocycles. The Balaban J connectivity index is 2.17. The first-order valence-corrected chi connectivity index (χ1v) is 5.94. The Kier molecular flexibility index (Phi) is 2.67. The van der Waals surface area contributed by atoms with Crippen molar-refractivity contribution < 1.29 is 0 Å². The molecule has 0 unspecified atom stereocenters. The summed E-state index contributed by atoms with van der Waals surface area (Å²) in [7, 11) is 0. The molecule has 1 heterocycles. The SMILES string of the molecule is CCn1c(CBr)nnc1CC1CC1. The van der Waals surface area contributed by atoms with E-state index in [0.717, 1.165) is 30.0 Å². The molecule has 2 rings (SSSR count). The third kappa shape index (κ3) is 1.93. The van der Waals surface area contributed by atoms with Gasteiger partial charge in [-0.2, -0.15) is 0 Å². The van der Waals surface area contributed by atoms with Gasteiger partial charge in [-0.05, 0) is 25.7 Å². The minimum Gasteiger partial charge on any atom is -0.315 e. The van der Waals surface area contributed by atoms with E-state index in [0.29, 0.717) is 0 Å². The second kappa shape index (κ2) is 3.78. The summed E-state index contributed by atoms with van der Waals surface area (Å²) in [5.74, 6) is 3.11. The number of hydrogen-bond donors (Lipinski definition) is 0. The number of aromatic nitrogens is 3. The molecule has 0 saturated heterocycles. The van der Waals surface area contributed by atoms with Gasteiger partial charge in [-0.1, -0.05) is 15.9 Å². The third-order valence-corrected chi connectivity index (χ3v) is 3.01. The third-order valence-electron chi connectivity index (χ3n) is 2.51. The molecule has 0 aromatic carbocycles. The standard InChI is InChI=1S/C9H14BrN3/c1-2-13-8(5-7-3-4-7)11-12-9(13)6-10/h7H,2-6H2,1H3. The van der Waals surface area contributed by atoms with Crippen LogP contribution in [0.1, 0.15) is 31.4 Å². The predicted octanol–water partition coefficient (Wildman–Crippen LogP) is 2.15. The topological polar surface area (TPSA) is 30.7 Å². The molecule has 13 heavy (non-hydrogen) atoms. The first kappa shape index (κ1) is 9.19. The zero-order valence-corrected chi connectivity index (χ0v) is 9.42. The Bertz CT molecular complexity index is 291. The maximum atomic E-state index is 4.22. The van der Waals surface area contributed by atoms with Crippen LogP contribution in [0.5, 0.6) is 0 Å². The Morgan fingerprint density at radius 3 is 2.62 bits per heavy atom. The van der Waals surface area contributed by atoms with E-state index in [9.17, 15) is 0 Å². The van der Waals surface area contributed by atoms with Crippen molar-refractivity contribution in [3.8, 4) is 0 Å². The van der Waals surface area contributed by atoms with Crippen LogP contribution in [0.2, 0.25) is 0 Å². The Morgan fingerprint density at radius 1 is 1.38 bits per heavy atom. The van der Waals surface area contributed by atoms with Crippen LogP contribution in [0.3, 0.4) is 0 Å². The quantitative estimate of drug-likeness (QED) is 0.760. The normalized spacial score (nSPS) is 16.5. The van der Waals surface area contributed by atoms with Gasteiger partial charge in [0.2, 0.25) is 0 Å². The average Bonchev–Trinajstić information content (AvgIpc) is 2.85. The fourth-order valence-electron chi connectivity index (χ4n) is 1.57.